The van der Waals surface area contributed by atoms with Crippen molar-refractivity contribution in [2.24, 2.45) is 0 Å². The topological polar surface area (TPSA) is 71.4 Å². The second-order valence-electron chi connectivity index (χ2n) is 9.17. The van der Waals surface area contributed by atoms with Crippen LogP contribution >= 0.6 is 28.1 Å². The molecule has 9 heteroatoms. The highest BCUT2D eigenvalue weighted by Gasteiger charge is 2.42. The van der Waals surface area contributed by atoms with Gasteiger partial charge in [-0.15, -0.1) is 0 Å². The number of thiocarbonyl (C=S) groups is 1. The van der Waals surface area contributed by atoms with Gasteiger partial charge < -0.3 is 24.8 Å². The minimum atomic E-state index is -0.202. The molecule has 3 heterocycles. The molecule has 2 aromatic heterocycles. The fourth-order valence-electron chi connectivity index (χ4n) is 5.08. The molecular formula is C29H28BrN5O2S. The smallest absolute Gasteiger partial charge is 0.250 e. The van der Waals surface area contributed by atoms with E-state index in [1.165, 1.54) is 7.11 Å². The standard InChI is InChI=1S/C29H28BrN5O2S/c1-18-15-24(19(2)34(18)23-8-6-7-20(30)16-23)28-27(25-9-4-5-14-31-25)33-29(38)35(28)22-12-10-21(11-13-22)32-26(36)17-37-3/h4-16,27-28H,17H2,1-3H3,(H,32,36)(H,33,38)/t27-,28+/m0/s1. The highest BCUT2D eigenvalue weighted by Crippen LogP contribution is 2.44. The molecule has 0 radical (unpaired) electrons. The zero-order valence-corrected chi connectivity index (χ0v) is 23.7. The fourth-order valence-corrected chi connectivity index (χ4v) is 5.82. The number of pyridine rings is 1. The number of aromatic nitrogens is 2. The number of carbonyl (C=O) groups excluding carboxylic acids is 1. The Morgan fingerprint density at radius 1 is 1.08 bits per heavy atom. The molecule has 0 spiro atoms. The van der Waals surface area contributed by atoms with Crippen LogP contribution in [0.2, 0.25) is 0 Å². The lowest BCUT2D eigenvalue weighted by molar-refractivity contribution is -0.119. The molecule has 0 saturated carbocycles. The van der Waals surface area contributed by atoms with Gasteiger partial charge in [-0.2, -0.15) is 0 Å². The van der Waals surface area contributed by atoms with E-state index in [1.807, 2.05) is 60.8 Å². The van der Waals surface area contributed by atoms with Gasteiger partial charge in [0.1, 0.15) is 6.61 Å². The Labute approximate surface area is 236 Å². The maximum atomic E-state index is 12.0. The molecule has 7 nitrogen and oxygen atoms in total. The van der Waals surface area contributed by atoms with E-state index in [0.717, 1.165) is 38.5 Å². The van der Waals surface area contributed by atoms with Gasteiger partial charge in [-0.1, -0.05) is 28.1 Å². The molecule has 1 aliphatic heterocycles. The third-order valence-corrected chi connectivity index (χ3v) is 7.47. The first-order chi connectivity index (χ1) is 18.4. The van der Waals surface area contributed by atoms with Crippen LogP contribution in [0.4, 0.5) is 11.4 Å². The summed E-state index contributed by atoms with van der Waals surface area (Å²) in [7, 11) is 1.50. The molecule has 1 fully saturated rings. The Bertz CT molecular complexity index is 1470. The summed E-state index contributed by atoms with van der Waals surface area (Å²) in [5, 5.41) is 6.99. The molecule has 1 amide bonds. The highest BCUT2D eigenvalue weighted by atomic mass is 79.9. The SMILES string of the molecule is COCC(=O)Nc1ccc(N2C(=S)N[C@@H](c3ccccn3)[C@H]2c2cc(C)n(-c3cccc(Br)c3)c2C)cc1. The number of nitrogens with one attached hydrogen (secondary N) is 2. The first-order valence-corrected chi connectivity index (χ1v) is 13.4. The molecule has 2 N–H and O–H groups in total. The lowest BCUT2D eigenvalue weighted by atomic mass is 9.96. The monoisotopic (exact) mass is 589 g/mol. The third kappa shape index (κ3) is 5.09. The van der Waals surface area contributed by atoms with Gasteiger partial charge in [0, 0.05) is 46.2 Å². The third-order valence-electron chi connectivity index (χ3n) is 6.66. The van der Waals surface area contributed by atoms with Crippen molar-refractivity contribution in [3.8, 4) is 5.69 Å². The van der Waals surface area contributed by atoms with E-state index in [1.54, 1.807) is 0 Å². The van der Waals surface area contributed by atoms with E-state index in [-0.39, 0.29) is 24.6 Å². The number of carbonyl (C=O) groups is 1. The van der Waals surface area contributed by atoms with E-state index in [2.05, 4.69) is 73.1 Å². The molecular weight excluding hydrogens is 562 g/mol. The molecule has 0 aliphatic carbocycles. The van der Waals surface area contributed by atoms with Gasteiger partial charge in [0.05, 0.1) is 17.8 Å². The highest BCUT2D eigenvalue weighted by molar-refractivity contribution is 9.10. The summed E-state index contributed by atoms with van der Waals surface area (Å²) >= 11 is 9.50. The number of aryl methyl sites for hydroxylation is 1. The molecule has 4 aromatic rings. The first kappa shape index (κ1) is 26.1. The quantitative estimate of drug-likeness (QED) is 0.257. The minimum Gasteiger partial charge on any atom is -0.375 e. The number of methoxy groups -OCH3 is 1. The zero-order chi connectivity index (χ0) is 26.8. The molecule has 1 aliphatic rings. The van der Waals surface area contributed by atoms with Crippen LogP contribution in [-0.4, -0.2) is 34.3 Å². The normalized spacial score (nSPS) is 16.9. The zero-order valence-electron chi connectivity index (χ0n) is 21.3. The largest absolute Gasteiger partial charge is 0.375 e. The van der Waals surface area contributed by atoms with Crippen molar-refractivity contribution in [1.82, 2.24) is 14.9 Å². The van der Waals surface area contributed by atoms with Crippen molar-refractivity contribution >= 4 is 50.5 Å². The second kappa shape index (κ2) is 11.1. The predicted octanol–water partition coefficient (Wildman–Crippen LogP) is 6.01. The van der Waals surface area contributed by atoms with Crippen LogP contribution < -0.4 is 15.5 Å². The molecule has 194 valence electrons. The number of anilines is 2. The van der Waals surface area contributed by atoms with E-state index in [0.29, 0.717) is 10.8 Å². The molecule has 5 rings (SSSR count). The molecule has 2 atom stereocenters. The Morgan fingerprint density at radius 3 is 2.55 bits per heavy atom. The summed E-state index contributed by atoms with van der Waals surface area (Å²) in [6.07, 6.45) is 1.81. The van der Waals surface area contributed by atoms with Crippen LogP contribution in [0.3, 0.4) is 0 Å². The molecule has 38 heavy (non-hydrogen) atoms. The lowest BCUT2D eigenvalue weighted by Gasteiger charge is -2.28. The van der Waals surface area contributed by atoms with Crippen molar-refractivity contribution in [3.63, 3.8) is 0 Å². The van der Waals surface area contributed by atoms with Crippen LogP contribution in [-0.2, 0) is 9.53 Å². The van der Waals surface area contributed by atoms with Gasteiger partial charge in [-0.05, 0) is 92.3 Å². The number of amides is 1. The Kier molecular flexibility index (Phi) is 7.60. The average molecular weight is 591 g/mol. The van der Waals surface area contributed by atoms with Crippen LogP contribution in [0.15, 0.2) is 83.5 Å². The van der Waals surface area contributed by atoms with Crippen molar-refractivity contribution in [1.29, 1.82) is 0 Å². The van der Waals surface area contributed by atoms with Gasteiger partial charge in [0.15, 0.2) is 5.11 Å². The van der Waals surface area contributed by atoms with E-state index in [9.17, 15) is 4.79 Å². The summed E-state index contributed by atoms with van der Waals surface area (Å²) in [6, 6.07) is 23.9. The van der Waals surface area contributed by atoms with Crippen molar-refractivity contribution in [2.75, 3.05) is 23.9 Å². The summed E-state index contributed by atoms with van der Waals surface area (Å²) < 4.78 is 8.21. The summed E-state index contributed by atoms with van der Waals surface area (Å²) in [5.74, 6) is -0.202. The number of halogens is 1. The summed E-state index contributed by atoms with van der Waals surface area (Å²) in [4.78, 5) is 18.8. The Morgan fingerprint density at radius 2 is 1.87 bits per heavy atom. The first-order valence-electron chi connectivity index (χ1n) is 12.2. The molecule has 0 unspecified atom stereocenters. The maximum absolute atomic E-state index is 12.0. The van der Waals surface area contributed by atoms with Crippen molar-refractivity contribution < 1.29 is 9.53 Å². The molecule has 0 bridgehead atoms. The van der Waals surface area contributed by atoms with Gasteiger partial charge in [0.2, 0.25) is 5.91 Å². The Hall–Kier alpha value is -3.53. The van der Waals surface area contributed by atoms with Crippen molar-refractivity contribution in [2.45, 2.75) is 25.9 Å². The van der Waals surface area contributed by atoms with E-state index < -0.39 is 0 Å². The second-order valence-corrected chi connectivity index (χ2v) is 10.5. The Balaban J connectivity index is 1.58. The van der Waals surface area contributed by atoms with Gasteiger partial charge >= 0.3 is 0 Å². The van der Waals surface area contributed by atoms with Crippen LogP contribution in [0.25, 0.3) is 5.69 Å². The summed E-state index contributed by atoms with van der Waals surface area (Å²) in [5.41, 5.74) is 7.03. The van der Waals surface area contributed by atoms with Gasteiger partial charge in [-0.25, -0.2) is 0 Å². The van der Waals surface area contributed by atoms with Gasteiger partial charge in [-0.3, -0.25) is 9.78 Å². The number of benzene rings is 2. The number of ether oxygens (including phenoxy) is 1. The number of hydrogen-bond donors (Lipinski definition) is 2. The van der Waals surface area contributed by atoms with Crippen LogP contribution in [0.1, 0.15) is 34.7 Å². The van der Waals surface area contributed by atoms with Crippen LogP contribution in [0.5, 0.6) is 0 Å². The number of nitrogens with zero attached hydrogens (tertiary/aromatic N) is 3. The summed E-state index contributed by atoms with van der Waals surface area (Å²) in [6.45, 7) is 4.27. The minimum absolute atomic E-state index is 0.00329. The van der Waals surface area contributed by atoms with E-state index in [4.69, 9.17) is 17.0 Å². The predicted molar refractivity (Wildman–Crippen MR) is 158 cm³/mol. The lowest BCUT2D eigenvalue weighted by Crippen LogP contribution is -2.29. The number of hydrogen-bond acceptors (Lipinski definition) is 4. The van der Waals surface area contributed by atoms with Crippen LogP contribution in [0, 0.1) is 13.8 Å². The molecule has 1 saturated heterocycles. The van der Waals surface area contributed by atoms with Gasteiger partial charge in [0.25, 0.3) is 0 Å². The van der Waals surface area contributed by atoms with Crippen molar-refractivity contribution in [3.05, 3.63) is 106 Å². The fraction of sp³-hybridized carbons (Fsp3) is 0.207. The van der Waals surface area contributed by atoms with E-state index >= 15 is 0 Å². The number of rotatable bonds is 7. The maximum Gasteiger partial charge on any atom is 0.250 e. The molecule has 2 aromatic carbocycles. The average Bonchev–Trinajstić information content (AvgIpc) is 3.40.